The Bertz CT molecular complexity index is 539. The van der Waals surface area contributed by atoms with Crippen molar-refractivity contribution in [1.29, 1.82) is 0 Å². The number of fused-ring (bicyclic) bond motifs is 1. The Morgan fingerprint density at radius 1 is 1.44 bits per heavy atom. The van der Waals surface area contributed by atoms with Gasteiger partial charge in [0.05, 0.1) is 6.04 Å². The average Bonchev–Trinajstić information content (AvgIpc) is 2.98. The predicted octanol–water partition coefficient (Wildman–Crippen LogP) is 3.24. The molecule has 0 bridgehead atoms. The van der Waals surface area contributed by atoms with Crippen molar-refractivity contribution >= 4 is 11.3 Å². The average molecular weight is 261 g/mol. The normalized spacial score (nSPS) is 19.3. The topological polar surface area (TPSA) is 41.5 Å². The van der Waals surface area contributed by atoms with E-state index in [1.165, 1.54) is 5.56 Å². The molecule has 94 valence electrons. The molecule has 3 rings (SSSR count). The Hall–Kier alpha value is -1.52. The van der Waals surface area contributed by atoms with Crippen molar-refractivity contribution < 1.29 is 9.84 Å². The van der Waals surface area contributed by atoms with E-state index < -0.39 is 0 Å². The monoisotopic (exact) mass is 261 g/mol. The molecule has 0 aliphatic carbocycles. The SMILES string of the molecule is CC(NC1COc2cc(O)ccc21)c1ccsc1. The summed E-state index contributed by atoms with van der Waals surface area (Å²) in [6.07, 6.45) is 0. The smallest absolute Gasteiger partial charge is 0.127 e. The van der Waals surface area contributed by atoms with Crippen LogP contribution in [0.25, 0.3) is 0 Å². The molecule has 4 heteroatoms. The van der Waals surface area contributed by atoms with Gasteiger partial charge in [0, 0.05) is 17.7 Å². The number of phenolic OH excluding ortho intramolecular Hbond substituents is 1. The molecule has 0 spiro atoms. The third kappa shape index (κ3) is 2.09. The summed E-state index contributed by atoms with van der Waals surface area (Å²) in [4.78, 5) is 0. The van der Waals surface area contributed by atoms with Crippen molar-refractivity contribution in [3.05, 3.63) is 46.2 Å². The number of benzene rings is 1. The quantitative estimate of drug-likeness (QED) is 0.891. The molecule has 1 aliphatic rings. The van der Waals surface area contributed by atoms with Gasteiger partial charge in [-0.15, -0.1) is 0 Å². The first kappa shape index (κ1) is 11.6. The van der Waals surface area contributed by atoms with E-state index in [1.807, 2.05) is 6.07 Å². The number of phenols is 1. The van der Waals surface area contributed by atoms with Crippen LogP contribution in [0.4, 0.5) is 0 Å². The molecule has 18 heavy (non-hydrogen) atoms. The fourth-order valence-electron chi connectivity index (χ4n) is 2.26. The highest BCUT2D eigenvalue weighted by molar-refractivity contribution is 7.07. The summed E-state index contributed by atoms with van der Waals surface area (Å²) < 4.78 is 5.59. The van der Waals surface area contributed by atoms with Gasteiger partial charge in [-0.1, -0.05) is 0 Å². The summed E-state index contributed by atoms with van der Waals surface area (Å²) in [6.45, 7) is 2.77. The third-order valence-corrected chi connectivity index (χ3v) is 3.97. The van der Waals surface area contributed by atoms with Crippen molar-refractivity contribution in [1.82, 2.24) is 5.32 Å². The minimum Gasteiger partial charge on any atom is -0.508 e. The lowest BCUT2D eigenvalue weighted by Crippen LogP contribution is -2.25. The highest BCUT2D eigenvalue weighted by Crippen LogP contribution is 2.36. The van der Waals surface area contributed by atoms with Gasteiger partial charge in [-0.05, 0) is 41.4 Å². The molecule has 0 radical (unpaired) electrons. The Morgan fingerprint density at radius 2 is 2.33 bits per heavy atom. The Morgan fingerprint density at radius 3 is 3.11 bits per heavy atom. The molecular weight excluding hydrogens is 246 g/mol. The molecule has 0 fully saturated rings. The molecule has 0 saturated carbocycles. The van der Waals surface area contributed by atoms with Gasteiger partial charge in [-0.25, -0.2) is 0 Å². The number of hydrogen-bond donors (Lipinski definition) is 2. The highest BCUT2D eigenvalue weighted by atomic mass is 32.1. The van der Waals surface area contributed by atoms with Crippen LogP contribution in [0, 0.1) is 0 Å². The van der Waals surface area contributed by atoms with Crippen molar-refractivity contribution in [2.24, 2.45) is 0 Å². The van der Waals surface area contributed by atoms with Crippen LogP contribution < -0.4 is 10.1 Å². The number of thiophene rings is 1. The molecule has 2 N–H and O–H groups in total. The second-order valence-electron chi connectivity index (χ2n) is 4.53. The Kier molecular flexibility index (Phi) is 2.97. The molecule has 0 amide bonds. The largest absolute Gasteiger partial charge is 0.508 e. The lowest BCUT2D eigenvalue weighted by Gasteiger charge is -2.17. The summed E-state index contributed by atoms with van der Waals surface area (Å²) >= 11 is 1.71. The second kappa shape index (κ2) is 4.63. The molecule has 1 aromatic carbocycles. The number of rotatable bonds is 3. The fourth-order valence-corrected chi connectivity index (χ4v) is 3.01. The van der Waals surface area contributed by atoms with Gasteiger partial charge in [0.15, 0.2) is 0 Å². The van der Waals surface area contributed by atoms with E-state index in [0.29, 0.717) is 12.6 Å². The standard InChI is InChI=1S/C14H15NO2S/c1-9(10-4-5-18-8-10)15-13-7-17-14-6-11(16)2-3-12(13)14/h2-6,8-9,13,15-16H,7H2,1H3. The van der Waals surface area contributed by atoms with Crippen LogP contribution in [0.15, 0.2) is 35.0 Å². The Balaban J connectivity index is 1.77. The summed E-state index contributed by atoms with van der Waals surface area (Å²) in [5.74, 6) is 1.03. The van der Waals surface area contributed by atoms with Gasteiger partial charge in [0.2, 0.25) is 0 Å². The zero-order chi connectivity index (χ0) is 12.5. The maximum atomic E-state index is 9.42. The van der Waals surface area contributed by atoms with E-state index in [4.69, 9.17) is 4.74 Å². The zero-order valence-electron chi connectivity index (χ0n) is 10.1. The lowest BCUT2D eigenvalue weighted by atomic mass is 10.1. The van der Waals surface area contributed by atoms with Crippen LogP contribution >= 0.6 is 11.3 Å². The van der Waals surface area contributed by atoms with Gasteiger partial charge < -0.3 is 15.2 Å². The maximum absolute atomic E-state index is 9.42. The minimum absolute atomic E-state index is 0.190. The zero-order valence-corrected chi connectivity index (χ0v) is 10.9. The minimum atomic E-state index is 0.190. The first-order valence-electron chi connectivity index (χ1n) is 5.98. The van der Waals surface area contributed by atoms with Crippen molar-refractivity contribution in [3.8, 4) is 11.5 Å². The fraction of sp³-hybridized carbons (Fsp3) is 0.286. The number of ether oxygens (including phenoxy) is 1. The molecule has 0 saturated heterocycles. The number of hydrogen-bond acceptors (Lipinski definition) is 4. The molecule has 1 aliphatic heterocycles. The summed E-state index contributed by atoms with van der Waals surface area (Å²) in [5.41, 5.74) is 2.42. The van der Waals surface area contributed by atoms with Gasteiger partial charge in [0.25, 0.3) is 0 Å². The summed E-state index contributed by atoms with van der Waals surface area (Å²) in [6, 6.07) is 7.93. The van der Waals surface area contributed by atoms with Crippen LogP contribution in [-0.2, 0) is 0 Å². The van der Waals surface area contributed by atoms with E-state index in [2.05, 4.69) is 29.1 Å². The summed E-state index contributed by atoms with van der Waals surface area (Å²) in [7, 11) is 0. The van der Waals surface area contributed by atoms with Gasteiger partial charge in [-0.2, -0.15) is 11.3 Å². The lowest BCUT2D eigenvalue weighted by molar-refractivity contribution is 0.300. The van der Waals surface area contributed by atoms with E-state index in [1.54, 1.807) is 23.5 Å². The Labute approximate surface area is 110 Å². The highest BCUT2D eigenvalue weighted by Gasteiger charge is 2.25. The summed E-state index contributed by atoms with van der Waals surface area (Å²) in [5, 5.41) is 17.2. The molecule has 2 unspecified atom stereocenters. The molecule has 2 heterocycles. The van der Waals surface area contributed by atoms with E-state index >= 15 is 0 Å². The molecule has 1 aromatic heterocycles. The molecule has 2 atom stereocenters. The maximum Gasteiger partial charge on any atom is 0.127 e. The van der Waals surface area contributed by atoms with Crippen LogP contribution in [0.1, 0.15) is 30.1 Å². The third-order valence-electron chi connectivity index (χ3n) is 3.27. The van der Waals surface area contributed by atoms with E-state index in [9.17, 15) is 5.11 Å². The van der Waals surface area contributed by atoms with Gasteiger partial charge >= 0.3 is 0 Å². The molecule has 3 nitrogen and oxygen atoms in total. The molecular formula is C14H15NO2S. The molecule has 2 aromatic rings. The van der Waals surface area contributed by atoms with Gasteiger partial charge in [0.1, 0.15) is 18.1 Å². The first-order valence-corrected chi connectivity index (χ1v) is 6.92. The number of aromatic hydroxyl groups is 1. The van der Waals surface area contributed by atoms with Crippen molar-refractivity contribution in [2.45, 2.75) is 19.0 Å². The van der Waals surface area contributed by atoms with Crippen LogP contribution in [0.2, 0.25) is 0 Å². The van der Waals surface area contributed by atoms with Crippen LogP contribution in [-0.4, -0.2) is 11.7 Å². The van der Waals surface area contributed by atoms with E-state index in [0.717, 1.165) is 11.3 Å². The van der Waals surface area contributed by atoms with Crippen LogP contribution in [0.5, 0.6) is 11.5 Å². The predicted molar refractivity (Wildman–Crippen MR) is 72.2 cm³/mol. The van der Waals surface area contributed by atoms with Crippen molar-refractivity contribution in [2.75, 3.05) is 6.61 Å². The van der Waals surface area contributed by atoms with Crippen molar-refractivity contribution in [3.63, 3.8) is 0 Å². The van der Waals surface area contributed by atoms with E-state index in [-0.39, 0.29) is 11.8 Å². The number of nitrogens with one attached hydrogen (secondary N) is 1. The first-order chi connectivity index (χ1) is 8.74. The second-order valence-corrected chi connectivity index (χ2v) is 5.31. The van der Waals surface area contributed by atoms with Gasteiger partial charge in [-0.3, -0.25) is 0 Å². The van der Waals surface area contributed by atoms with Crippen LogP contribution in [0.3, 0.4) is 0 Å².